The maximum Gasteiger partial charge on any atom is 0.418 e. The number of amides is 1. The Morgan fingerprint density at radius 2 is 2.13 bits per heavy atom. The van der Waals surface area contributed by atoms with Gasteiger partial charge in [-0.05, 0) is 23.4 Å². The van der Waals surface area contributed by atoms with E-state index in [0.29, 0.717) is 11.9 Å². The van der Waals surface area contributed by atoms with Crippen LogP contribution >= 0.6 is 0 Å². The van der Waals surface area contributed by atoms with Crippen molar-refractivity contribution in [1.82, 2.24) is 20.2 Å². The molecular weight excluding hydrogens is 321 g/mol. The normalized spacial score (nSPS) is 11.3. The van der Waals surface area contributed by atoms with Gasteiger partial charge in [-0.25, -0.2) is 4.68 Å². The highest BCUT2D eigenvalue weighted by atomic mass is 19.4. The SMILES string of the molecule is Cc1nnnn1CC(=O)Nc1ccc([N+](=O)[O-])cc1C(F)(F)F. The predicted octanol–water partition coefficient (Wildman–Crippen LogP) is 1.55. The van der Waals surface area contributed by atoms with Gasteiger partial charge >= 0.3 is 6.18 Å². The fourth-order valence-corrected chi connectivity index (χ4v) is 1.71. The Morgan fingerprint density at radius 3 is 2.65 bits per heavy atom. The monoisotopic (exact) mass is 330 g/mol. The van der Waals surface area contributed by atoms with Gasteiger partial charge in [0.15, 0.2) is 0 Å². The molecule has 1 aromatic carbocycles. The van der Waals surface area contributed by atoms with Crippen LogP contribution in [0.25, 0.3) is 0 Å². The lowest BCUT2D eigenvalue weighted by Crippen LogP contribution is -2.22. The van der Waals surface area contributed by atoms with Crippen LogP contribution in [0.2, 0.25) is 0 Å². The molecule has 0 saturated heterocycles. The molecule has 0 bridgehead atoms. The van der Waals surface area contributed by atoms with Gasteiger partial charge in [0, 0.05) is 12.1 Å². The van der Waals surface area contributed by atoms with Crippen LogP contribution in [0.3, 0.4) is 0 Å². The number of nitro groups is 1. The fraction of sp³-hybridized carbons (Fsp3) is 0.273. The number of benzene rings is 1. The zero-order valence-electron chi connectivity index (χ0n) is 11.5. The number of rotatable bonds is 4. The summed E-state index contributed by atoms with van der Waals surface area (Å²) in [5.74, 6) is -0.500. The summed E-state index contributed by atoms with van der Waals surface area (Å²) in [5, 5.41) is 23.0. The van der Waals surface area contributed by atoms with Crippen molar-refractivity contribution in [3.63, 3.8) is 0 Å². The van der Waals surface area contributed by atoms with Crippen molar-refractivity contribution < 1.29 is 22.9 Å². The first-order chi connectivity index (χ1) is 10.7. The quantitative estimate of drug-likeness (QED) is 0.671. The first kappa shape index (κ1) is 16.3. The first-order valence-electron chi connectivity index (χ1n) is 6.06. The van der Waals surface area contributed by atoms with Gasteiger partial charge in [0.2, 0.25) is 5.91 Å². The van der Waals surface area contributed by atoms with Gasteiger partial charge in [-0.2, -0.15) is 13.2 Å². The number of halogens is 3. The van der Waals surface area contributed by atoms with Gasteiger partial charge in [-0.15, -0.1) is 5.10 Å². The van der Waals surface area contributed by atoms with Crippen molar-refractivity contribution in [2.75, 3.05) is 5.32 Å². The Hall–Kier alpha value is -3.05. The van der Waals surface area contributed by atoms with E-state index in [1.165, 1.54) is 6.92 Å². The molecule has 2 rings (SSSR count). The lowest BCUT2D eigenvalue weighted by molar-refractivity contribution is -0.385. The largest absolute Gasteiger partial charge is 0.418 e. The smallest absolute Gasteiger partial charge is 0.324 e. The van der Waals surface area contributed by atoms with Crippen molar-refractivity contribution in [2.24, 2.45) is 0 Å². The number of aryl methyl sites for hydroxylation is 1. The minimum atomic E-state index is -4.86. The number of non-ortho nitro benzene ring substituents is 1. The van der Waals surface area contributed by atoms with Crippen LogP contribution in [0, 0.1) is 17.0 Å². The van der Waals surface area contributed by atoms with Crippen molar-refractivity contribution >= 4 is 17.3 Å². The van der Waals surface area contributed by atoms with Gasteiger partial charge < -0.3 is 5.32 Å². The third-order valence-corrected chi connectivity index (χ3v) is 2.80. The summed E-state index contributed by atoms with van der Waals surface area (Å²) in [6.07, 6.45) is -4.86. The van der Waals surface area contributed by atoms with E-state index >= 15 is 0 Å². The van der Waals surface area contributed by atoms with E-state index in [-0.39, 0.29) is 0 Å². The number of aromatic nitrogens is 4. The average molecular weight is 330 g/mol. The standard InChI is InChI=1S/C11H9F3N6O3/c1-6-16-17-18-19(6)5-10(21)15-9-3-2-7(20(22)23)4-8(9)11(12,13)14/h2-4H,5H2,1H3,(H,15,21). The Labute approximate surface area is 126 Å². The fourth-order valence-electron chi connectivity index (χ4n) is 1.71. The molecule has 122 valence electrons. The molecule has 0 aliphatic heterocycles. The van der Waals surface area contributed by atoms with E-state index in [0.717, 1.165) is 16.8 Å². The summed E-state index contributed by atoms with van der Waals surface area (Å²) in [7, 11) is 0. The summed E-state index contributed by atoms with van der Waals surface area (Å²) in [5.41, 5.74) is -2.63. The Bertz CT molecular complexity index is 758. The Morgan fingerprint density at radius 1 is 1.43 bits per heavy atom. The summed E-state index contributed by atoms with van der Waals surface area (Å²) < 4.78 is 40.0. The summed E-state index contributed by atoms with van der Waals surface area (Å²) in [6.45, 7) is 1.12. The lowest BCUT2D eigenvalue weighted by Gasteiger charge is -2.13. The lowest BCUT2D eigenvalue weighted by atomic mass is 10.1. The highest BCUT2D eigenvalue weighted by Gasteiger charge is 2.35. The second-order valence-corrected chi connectivity index (χ2v) is 4.42. The second kappa shape index (κ2) is 5.98. The molecule has 0 aliphatic carbocycles. The van der Waals surface area contributed by atoms with Crippen LogP contribution in [0.4, 0.5) is 24.5 Å². The van der Waals surface area contributed by atoms with Crippen molar-refractivity contribution in [2.45, 2.75) is 19.6 Å². The van der Waals surface area contributed by atoms with Crippen LogP contribution in [0.1, 0.15) is 11.4 Å². The van der Waals surface area contributed by atoms with Gasteiger partial charge in [-0.1, -0.05) is 0 Å². The number of nitrogens with zero attached hydrogens (tertiary/aromatic N) is 5. The number of carbonyl (C=O) groups excluding carboxylic acids is 1. The molecular formula is C11H9F3N6O3. The van der Waals surface area contributed by atoms with E-state index in [4.69, 9.17) is 0 Å². The molecule has 0 unspecified atom stereocenters. The van der Waals surface area contributed by atoms with E-state index in [1.807, 2.05) is 0 Å². The molecule has 1 N–H and O–H groups in total. The van der Waals surface area contributed by atoms with Crippen LogP contribution in [-0.2, 0) is 17.5 Å². The van der Waals surface area contributed by atoms with E-state index < -0.39 is 40.5 Å². The third-order valence-electron chi connectivity index (χ3n) is 2.80. The van der Waals surface area contributed by atoms with Gasteiger partial charge in [0.1, 0.15) is 12.4 Å². The third kappa shape index (κ3) is 3.78. The minimum absolute atomic E-state index is 0.305. The number of tetrazole rings is 1. The van der Waals surface area contributed by atoms with Gasteiger partial charge in [0.25, 0.3) is 5.69 Å². The number of nitro benzene ring substituents is 1. The summed E-state index contributed by atoms with van der Waals surface area (Å²) in [6, 6.07) is 2.05. The molecule has 0 saturated carbocycles. The van der Waals surface area contributed by atoms with E-state index in [2.05, 4.69) is 20.8 Å². The molecule has 1 aromatic heterocycles. The average Bonchev–Trinajstić information content (AvgIpc) is 2.83. The maximum atomic E-state index is 13.0. The maximum absolute atomic E-state index is 13.0. The first-order valence-corrected chi connectivity index (χ1v) is 6.06. The molecule has 0 atom stereocenters. The van der Waals surface area contributed by atoms with Crippen LogP contribution in [0.15, 0.2) is 18.2 Å². The molecule has 1 amide bonds. The molecule has 0 radical (unpaired) electrons. The highest BCUT2D eigenvalue weighted by Crippen LogP contribution is 2.37. The molecule has 12 heteroatoms. The number of anilines is 1. The number of alkyl halides is 3. The predicted molar refractivity (Wildman–Crippen MR) is 69.3 cm³/mol. The number of nitrogens with one attached hydrogen (secondary N) is 1. The molecule has 9 nitrogen and oxygen atoms in total. The van der Waals surface area contributed by atoms with Gasteiger partial charge in [-0.3, -0.25) is 14.9 Å². The topological polar surface area (TPSA) is 116 Å². The van der Waals surface area contributed by atoms with Crippen LogP contribution in [-0.4, -0.2) is 31.0 Å². The van der Waals surface area contributed by atoms with Crippen molar-refractivity contribution in [3.8, 4) is 0 Å². The molecule has 0 fully saturated rings. The zero-order chi connectivity index (χ0) is 17.2. The molecule has 2 aromatic rings. The van der Waals surface area contributed by atoms with E-state index in [1.54, 1.807) is 0 Å². The molecule has 0 spiro atoms. The zero-order valence-corrected chi connectivity index (χ0v) is 11.5. The van der Waals surface area contributed by atoms with Gasteiger partial charge in [0.05, 0.1) is 16.2 Å². The number of hydrogen-bond acceptors (Lipinski definition) is 6. The van der Waals surface area contributed by atoms with Crippen molar-refractivity contribution in [3.05, 3.63) is 39.7 Å². The summed E-state index contributed by atoms with van der Waals surface area (Å²) in [4.78, 5) is 21.4. The van der Waals surface area contributed by atoms with E-state index in [9.17, 15) is 28.1 Å². The Balaban J connectivity index is 2.26. The molecule has 0 aliphatic rings. The number of carbonyl (C=O) groups is 1. The van der Waals surface area contributed by atoms with Crippen LogP contribution in [0.5, 0.6) is 0 Å². The summed E-state index contributed by atoms with van der Waals surface area (Å²) >= 11 is 0. The second-order valence-electron chi connectivity index (χ2n) is 4.42. The van der Waals surface area contributed by atoms with Crippen LogP contribution < -0.4 is 5.32 Å². The highest BCUT2D eigenvalue weighted by molar-refractivity contribution is 5.91. The molecule has 23 heavy (non-hydrogen) atoms. The minimum Gasteiger partial charge on any atom is -0.324 e. The number of hydrogen-bond donors (Lipinski definition) is 1. The molecule has 1 heterocycles. The Kier molecular flexibility index (Phi) is 4.24. The van der Waals surface area contributed by atoms with Crippen molar-refractivity contribution in [1.29, 1.82) is 0 Å².